The summed E-state index contributed by atoms with van der Waals surface area (Å²) >= 11 is 1.70. The van der Waals surface area contributed by atoms with E-state index in [1.165, 1.54) is 4.90 Å². The summed E-state index contributed by atoms with van der Waals surface area (Å²) in [6.45, 7) is 0.310. The molecular formula is C32H24N2O3S. The summed E-state index contributed by atoms with van der Waals surface area (Å²) in [4.78, 5) is 19.8. The average Bonchev–Trinajstić information content (AvgIpc) is 2.97. The molecule has 0 saturated heterocycles. The number of carbonyl (C=O) groups excluding carboxylic acids is 1. The molecular weight excluding hydrogens is 492 g/mol. The highest BCUT2D eigenvalue weighted by Crippen LogP contribution is 2.44. The first kappa shape index (κ1) is 23.8. The van der Waals surface area contributed by atoms with Gasteiger partial charge in [-0.1, -0.05) is 54.2 Å². The van der Waals surface area contributed by atoms with Crippen molar-refractivity contribution >= 4 is 45.9 Å². The maximum Gasteiger partial charge on any atom is 0.185 e. The van der Waals surface area contributed by atoms with Gasteiger partial charge < -0.3 is 14.8 Å². The molecule has 1 aliphatic rings. The first-order valence-electron chi connectivity index (χ1n) is 12.2. The molecule has 186 valence electrons. The highest BCUT2D eigenvalue weighted by atomic mass is 32.2. The molecule has 0 aliphatic carbocycles. The lowest BCUT2D eigenvalue weighted by atomic mass is 10.1. The number of pyridine rings is 1. The maximum atomic E-state index is 13.0. The van der Waals surface area contributed by atoms with E-state index in [1.807, 2.05) is 91.0 Å². The number of hydrogen-bond donors (Lipinski definition) is 1. The van der Waals surface area contributed by atoms with Gasteiger partial charge in [-0.05, 0) is 66.2 Å². The Hall–Kier alpha value is -4.55. The van der Waals surface area contributed by atoms with Gasteiger partial charge in [0.15, 0.2) is 5.78 Å². The van der Waals surface area contributed by atoms with Crippen molar-refractivity contribution in [2.24, 2.45) is 0 Å². The number of nitrogens with zero attached hydrogens (tertiary/aromatic N) is 1. The third kappa shape index (κ3) is 4.86. The fourth-order valence-corrected chi connectivity index (χ4v) is 5.39. The third-order valence-corrected chi connectivity index (χ3v) is 7.50. The Morgan fingerprint density at radius 2 is 1.76 bits per heavy atom. The highest BCUT2D eigenvalue weighted by Gasteiger charge is 2.16. The van der Waals surface area contributed by atoms with Crippen LogP contribution in [0.4, 0.5) is 11.4 Å². The standard InChI is InChI=1S/C32H24N2O3S/c1-36-28-15-12-21(18-24(28)20-37-29-9-4-6-22-7-5-17-33-32(22)29)11-14-27(35)23-13-16-31-26(19-23)34-25-8-2-3-10-30(25)38-31/h2-19,34H,20H2,1H3/b14-11+. The summed E-state index contributed by atoms with van der Waals surface area (Å²) in [7, 11) is 1.64. The minimum Gasteiger partial charge on any atom is -0.496 e. The van der Waals surface area contributed by atoms with Gasteiger partial charge in [-0.2, -0.15) is 0 Å². The number of ether oxygens (including phenoxy) is 2. The minimum absolute atomic E-state index is 0.0612. The van der Waals surface area contributed by atoms with E-state index in [0.29, 0.717) is 17.9 Å². The normalized spacial score (nSPS) is 12.0. The molecule has 0 radical (unpaired) electrons. The van der Waals surface area contributed by atoms with Crippen molar-refractivity contribution in [1.29, 1.82) is 0 Å². The predicted molar refractivity (Wildman–Crippen MR) is 153 cm³/mol. The van der Waals surface area contributed by atoms with Gasteiger partial charge in [0.1, 0.15) is 23.6 Å². The summed E-state index contributed by atoms with van der Waals surface area (Å²) in [6.07, 6.45) is 5.18. The van der Waals surface area contributed by atoms with Crippen molar-refractivity contribution in [3.8, 4) is 11.5 Å². The van der Waals surface area contributed by atoms with E-state index in [2.05, 4.69) is 16.4 Å². The Morgan fingerprint density at radius 1 is 0.895 bits per heavy atom. The number of ketones is 1. The van der Waals surface area contributed by atoms with Crippen LogP contribution in [0, 0.1) is 0 Å². The summed E-state index contributed by atoms with van der Waals surface area (Å²) in [5.74, 6) is 1.37. The molecule has 2 heterocycles. The van der Waals surface area contributed by atoms with Crippen LogP contribution in [-0.2, 0) is 6.61 Å². The van der Waals surface area contributed by atoms with Crippen LogP contribution in [0.1, 0.15) is 21.5 Å². The fourth-order valence-electron chi connectivity index (χ4n) is 4.42. The lowest BCUT2D eigenvalue weighted by Gasteiger charge is -2.20. The molecule has 0 saturated carbocycles. The molecule has 5 nitrogen and oxygen atoms in total. The molecule has 0 fully saturated rings. The molecule has 0 amide bonds. The van der Waals surface area contributed by atoms with Crippen LogP contribution in [0.15, 0.2) is 113 Å². The van der Waals surface area contributed by atoms with Crippen molar-refractivity contribution < 1.29 is 14.3 Å². The molecule has 1 aliphatic heterocycles. The zero-order chi connectivity index (χ0) is 25.9. The van der Waals surface area contributed by atoms with E-state index in [9.17, 15) is 4.79 Å². The van der Waals surface area contributed by atoms with Crippen molar-refractivity contribution in [1.82, 2.24) is 4.98 Å². The van der Waals surface area contributed by atoms with Gasteiger partial charge in [0.2, 0.25) is 0 Å². The Labute approximate surface area is 225 Å². The number of anilines is 2. The largest absolute Gasteiger partial charge is 0.496 e. The van der Waals surface area contributed by atoms with Crippen LogP contribution in [-0.4, -0.2) is 17.9 Å². The lowest BCUT2D eigenvalue weighted by molar-refractivity contribution is 0.104. The van der Waals surface area contributed by atoms with E-state index in [4.69, 9.17) is 9.47 Å². The number of benzene rings is 4. The van der Waals surface area contributed by atoms with Crippen LogP contribution in [0.2, 0.25) is 0 Å². The average molecular weight is 517 g/mol. The van der Waals surface area contributed by atoms with E-state index in [-0.39, 0.29) is 5.78 Å². The second-order valence-electron chi connectivity index (χ2n) is 8.82. The number of methoxy groups -OCH3 is 1. The lowest BCUT2D eigenvalue weighted by Crippen LogP contribution is -2.02. The van der Waals surface area contributed by atoms with Crippen LogP contribution in [0.5, 0.6) is 11.5 Å². The molecule has 1 N–H and O–H groups in total. The maximum absolute atomic E-state index is 13.0. The predicted octanol–water partition coefficient (Wildman–Crippen LogP) is 7.93. The van der Waals surface area contributed by atoms with Crippen molar-refractivity contribution in [3.05, 3.63) is 120 Å². The van der Waals surface area contributed by atoms with Gasteiger partial charge >= 0.3 is 0 Å². The van der Waals surface area contributed by atoms with E-state index in [1.54, 1.807) is 31.1 Å². The zero-order valence-electron chi connectivity index (χ0n) is 20.7. The van der Waals surface area contributed by atoms with Gasteiger partial charge in [0, 0.05) is 32.5 Å². The number of para-hydroxylation sites is 2. The molecule has 0 spiro atoms. The van der Waals surface area contributed by atoms with Crippen molar-refractivity contribution in [2.75, 3.05) is 12.4 Å². The summed E-state index contributed by atoms with van der Waals surface area (Å²) in [6, 6.07) is 29.5. The number of rotatable bonds is 7. The Kier molecular flexibility index (Phi) is 6.54. The SMILES string of the molecule is COc1ccc(/C=C/C(=O)c2ccc3c(c2)Nc2ccccc2S3)cc1COc1cccc2cccnc12. The summed E-state index contributed by atoms with van der Waals surface area (Å²) in [5, 5.41) is 4.46. The number of hydrogen-bond acceptors (Lipinski definition) is 6. The van der Waals surface area contributed by atoms with Gasteiger partial charge in [0.05, 0.1) is 18.5 Å². The first-order valence-corrected chi connectivity index (χ1v) is 13.0. The molecule has 5 aromatic rings. The number of aromatic nitrogens is 1. The van der Waals surface area contributed by atoms with Crippen molar-refractivity contribution in [2.45, 2.75) is 16.4 Å². The molecule has 6 heteroatoms. The van der Waals surface area contributed by atoms with Gasteiger partial charge in [-0.25, -0.2) is 0 Å². The molecule has 4 aromatic carbocycles. The summed E-state index contributed by atoms with van der Waals surface area (Å²) < 4.78 is 11.7. The van der Waals surface area contributed by atoms with Gasteiger partial charge in [-0.15, -0.1) is 0 Å². The van der Waals surface area contributed by atoms with Crippen LogP contribution >= 0.6 is 11.8 Å². The molecule has 1 aromatic heterocycles. The highest BCUT2D eigenvalue weighted by molar-refractivity contribution is 7.99. The van der Waals surface area contributed by atoms with Gasteiger partial charge in [0.25, 0.3) is 0 Å². The Bertz CT molecular complexity index is 1690. The Morgan fingerprint density at radius 3 is 2.68 bits per heavy atom. The van der Waals surface area contributed by atoms with E-state index >= 15 is 0 Å². The zero-order valence-corrected chi connectivity index (χ0v) is 21.5. The quantitative estimate of drug-likeness (QED) is 0.172. The minimum atomic E-state index is -0.0612. The molecule has 0 bridgehead atoms. The van der Waals surface area contributed by atoms with Gasteiger partial charge in [-0.3, -0.25) is 9.78 Å². The molecule has 6 rings (SSSR count). The molecule has 0 unspecified atom stereocenters. The smallest absolute Gasteiger partial charge is 0.185 e. The third-order valence-electron chi connectivity index (χ3n) is 6.35. The number of allylic oxidation sites excluding steroid dienone is 1. The van der Waals surface area contributed by atoms with Crippen LogP contribution in [0.25, 0.3) is 17.0 Å². The topological polar surface area (TPSA) is 60.5 Å². The number of fused-ring (bicyclic) bond motifs is 3. The van der Waals surface area contributed by atoms with Crippen molar-refractivity contribution in [3.63, 3.8) is 0 Å². The number of carbonyl (C=O) groups is 1. The molecule has 38 heavy (non-hydrogen) atoms. The number of nitrogens with one attached hydrogen (secondary N) is 1. The second-order valence-corrected chi connectivity index (χ2v) is 9.91. The molecule has 0 atom stereocenters. The first-order chi connectivity index (χ1) is 18.7. The Balaban J connectivity index is 1.19. The van der Waals surface area contributed by atoms with E-state index < -0.39 is 0 Å². The van der Waals surface area contributed by atoms with E-state index in [0.717, 1.165) is 44.0 Å². The van der Waals surface area contributed by atoms with Crippen LogP contribution < -0.4 is 14.8 Å². The summed E-state index contributed by atoms with van der Waals surface area (Å²) in [5.41, 5.74) is 5.21. The van der Waals surface area contributed by atoms with Crippen LogP contribution in [0.3, 0.4) is 0 Å². The second kappa shape index (κ2) is 10.4. The monoisotopic (exact) mass is 516 g/mol. The fraction of sp³-hybridized carbons (Fsp3) is 0.0625.